The van der Waals surface area contributed by atoms with Gasteiger partial charge in [-0.05, 0) is 31.2 Å². The van der Waals surface area contributed by atoms with Crippen LogP contribution in [-0.2, 0) is 11.2 Å². The molecule has 0 unspecified atom stereocenters. The summed E-state index contributed by atoms with van der Waals surface area (Å²) in [6.07, 6.45) is 4.35. The summed E-state index contributed by atoms with van der Waals surface area (Å²) >= 11 is 0. The van der Waals surface area contributed by atoms with E-state index in [0.29, 0.717) is 0 Å². The number of ether oxygens (including phenoxy) is 1. The van der Waals surface area contributed by atoms with Gasteiger partial charge in [0.05, 0.1) is 6.61 Å². The number of aliphatic imine (C=N–C) groups is 1. The maximum absolute atomic E-state index is 5.66. The van der Waals surface area contributed by atoms with Crippen molar-refractivity contribution in [2.75, 3.05) is 32.8 Å². The predicted octanol–water partition coefficient (Wildman–Crippen LogP) is 2.58. The summed E-state index contributed by atoms with van der Waals surface area (Å²) < 4.78 is 5.66. The summed E-state index contributed by atoms with van der Waals surface area (Å²) in [4.78, 5) is 4.37. The fourth-order valence-electron chi connectivity index (χ4n) is 2.12. The van der Waals surface area contributed by atoms with E-state index in [1.807, 2.05) is 6.07 Å². The van der Waals surface area contributed by atoms with E-state index in [-0.39, 0.29) is 24.0 Å². The van der Waals surface area contributed by atoms with Gasteiger partial charge in [-0.1, -0.05) is 30.3 Å². The molecule has 118 valence electrons. The van der Waals surface area contributed by atoms with Gasteiger partial charge < -0.3 is 15.4 Å². The molecule has 1 aliphatic heterocycles. The van der Waals surface area contributed by atoms with Crippen LogP contribution in [0.4, 0.5) is 0 Å². The molecular weight excluding hydrogens is 377 g/mol. The molecule has 0 aromatic heterocycles. The van der Waals surface area contributed by atoms with E-state index >= 15 is 0 Å². The van der Waals surface area contributed by atoms with Gasteiger partial charge in [-0.25, -0.2) is 0 Å². The predicted molar refractivity (Wildman–Crippen MR) is 98.5 cm³/mol. The first kappa shape index (κ1) is 18.2. The summed E-state index contributed by atoms with van der Waals surface area (Å²) in [5, 5.41) is 6.58. The minimum absolute atomic E-state index is 0. The number of guanidine groups is 1. The minimum atomic E-state index is 0. The van der Waals surface area contributed by atoms with Crippen LogP contribution in [0.5, 0.6) is 0 Å². The van der Waals surface area contributed by atoms with Crippen molar-refractivity contribution in [1.82, 2.24) is 10.6 Å². The fourth-order valence-corrected chi connectivity index (χ4v) is 2.12. The number of hydrogen-bond donors (Lipinski definition) is 2. The molecular formula is C16H26IN3O. The van der Waals surface area contributed by atoms with Gasteiger partial charge in [-0.3, -0.25) is 4.99 Å². The SMILES string of the molecule is I.c1ccc(CCOCCCCNC2=NCCCN2)cc1. The smallest absolute Gasteiger partial charge is 0.191 e. The van der Waals surface area contributed by atoms with Gasteiger partial charge in [-0.2, -0.15) is 0 Å². The maximum atomic E-state index is 5.66. The monoisotopic (exact) mass is 403 g/mol. The van der Waals surface area contributed by atoms with E-state index in [4.69, 9.17) is 4.74 Å². The second-order valence-corrected chi connectivity index (χ2v) is 4.99. The van der Waals surface area contributed by atoms with E-state index < -0.39 is 0 Å². The Morgan fingerprint density at radius 1 is 1.14 bits per heavy atom. The molecule has 0 saturated heterocycles. The van der Waals surface area contributed by atoms with Gasteiger partial charge in [0.1, 0.15) is 0 Å². The Kier molecular flexibility index (Phi) is 10.2. The molecule has 0 spiro atoms. The summed E-state index contributed by atoms with van der Waals surface area (Å²) in [6.45, 7) is 4.60. The standard InChI is InChI=1S/C16H25N3O.HI/c1-2-7-15(8-3-1)9-14-20-13-5-4-10-17-16-18-11-6-12-19-16;/h1-3,7-8H,4-6,9-14H2,(H2,17,18,19);1H. The fraction of sp³-hybridized carbons (Fsp3) is 0.562. The van der Waals surface area contributed by atoms with Crippen molar-refractivity contribution in [2.45, 2.75) is 25.7 Å². The lowest BCUT2D eigenvalue weighted by Crippen LogP contribution is -2.41. The Morgan fingerprint density at radius 2 is 2.00 bits per heavy atom. The van der Waals surface area contributed by atoms with E-state index in [1.165, 1.54) is 5.56 Å². The van der Waals surface area contributed by atoms with Crippen molar-refractivity contribution in [3.63, 3.8) is 0 Å². The number of nitrogens with one attached hydrogen (secondary N) is 2. The molecule has 1 aliphatic rings. The van der Waals surface area contributed by atoms with E-state index in [2.05, 4.69) is 39.9 Å². The molecule has 0 fully saturated rings. The summed E-state index contributed by atoms with van der Waals surface area (Å²) in [5.41, 5.74) is 1.34. The molecule has 0 atom stereocenters. The maximum Gasteiger partial charge on any atom is 0.191 e. The molecule has 1 aromatic carbocycles. The normalized spacial score (nSPS) is 13.8. The first-order valence-electron chi connectivity index (χ1n) is 7.59. The van der Waals surface area contributed by atoms with Crippen LogP contribution in [-0.4, -0.2) is 38.8 Å². The van der Waals surface area contributed by atoms with Gasteiger partial charge in [0, 0.05) is 26.2 Å². The van der Waals surface area contributed by atoms with Crippen molar-refractivity contribution < 1.29 is 4.74 Å². The zero-order valence-electron chi connectivity index (χ0n) is 12.5. The number of rotatable bonds is 8. The highest BCUT2D eigenvalue weighted by Crippen LogP contribution is 2.00. The van der Waals surface area contributed by atoms with E-state index in [9.17, 15) is 0 Å². The third kappa shape index (κ3) is 8.26. The molecule has 0 amide bonds. The van der Waals surface area contributed by atoms with Crippen LogP contribution in [0.3, 0.4) is 0 Å². The van der Waals surface area contributed by atoms with Crippen LogP contribution >= 0.6 is 24.0 Å². The summed E-state index contributed by atoms with van der Waals surface area (Å²) in [5.74, 6) is 0.959. The zero-order valence-corrected chi connectivity index (χ0v) is 14.8. The highest BCUT2D eigenvalue weighted by Gasteiger charge is 2.01. The number of halogens is 1. The highest BCUT2D eigenvalue weighted by atomic mass is 127. The summed E-state index contributed by atoms with van der Waals surface area (Å²) in [6, 6.07) is 10.5. The van der Waals surface area contributed by atoms with Crippen LogP contribution in [0.2, 0.25) is 0 Å². The topological polar surface area (TPSA) is 45.6 Å². The summed E-state index contributed by atoms with van der Waals surface area (Å²) in [7, 11) is 0. The minimum Gasteiger partial charge on any atom is -0.381 e. The molecule has 0 radical (unpaired) electrons. The molecule has 21 heavy (non-hydrogen) atoms. The average Bonchev–Trinajstić information content (AvgIpc) is 2.52. The number of hydrogen-bond acceptors (Lipinski definition) is 4. The zero-order chi connectivity index (χ0) is 13.9. The molecule has 0 aliphatic carbocycles. The average molecular weight is 403 g/mol. The third-order valence-corrected chi connectivity index (χ3v) is 3.28. The van der Waals surface area contributed by atoms with Crippen molar-refractivity contribution in [3.8, 4) is 0 Å². The van der Waals surface area contributed by atoms with Crippen molar-refractivity contribution in [3.05, 3.63) is 35.9 Å². The Bertz CT molecular complexity index is 398. The lowest BCUT2D eigenvalue weighted by Gasteiger charge is -2.15. The third-order valence-electron chi connectivity index (χ3n) is 3.28. The Balaban J connectivity index is 0.00000220. The second kappa shape index (κ2) is 11.8. The largest absolute Gasteiger partial charge is 0.381 e. The van der Waals surface area contributed by atoms with E-state index in [1.54, 1.807) is 0 Å². The van der Waals surface area contributed by atoms with Gasteiger partial charge in [0.15, 0.2) is 5.96 Å². The van der Waals surface area contributed by atoms with Gasteiger partial charge in [0.2, 0.25) is 0 Å². The highest BCUT2D eigenvalue weighted by molar-refractivity contribution is 14.0. The lowest BCUT2D eigenvalue weighted by molar-refractivity contribution is 0.133. The van der Waals surface area contributed by atoms with Gasteiger partial charge >= 0.3 is 0 Å². The Labute approximate surface area is 144 Å². The van der Waals surface area contributed by atoms with Crippen LogP contribution in [0, 0.1) is 0 Å². The molecule has 0 saturated carbocycles. The first-order valence-corrected chi connectivity index (χ1v) is 7.59. The quantitative estimate of drug-likeness (QED) is 0.518. The van der Waals surface area contributed by atoms with Crippen LogP contribution in [0.25, 0.3) is 0 Å². The molecule has 4 nitrogen and oxygen atoms in total. The number of benzene rings is 1. The van der Waals surface area contributed by atoms with Gasteiger partial charge in [0.25, 0.3) is 0 Å². The van der Waals surface area contributed by atoms with E-state index in [0.717, 1.165) is 64.5 Å². The van der Waals surface area contributed by atoms with Gasteiger partial charge in [-0.15, -0.1) is 24.0 Å². The first-order chi connectivity index (χ1) is 9.95. The molecule has 2 N–H and O–H groups in total. The van der Waals surface area contributed by atoms with Crippen LogP contribution < -0.4 is 10.6 Å². The second-order valence-electron chi connectivity index (χ2n) is 4.99. The lowest BCUT2D eigenvalue weighted by atomic mass is 10.2. The number of nitrogens with zero attached hydrogens (tertiary/aromatic N) is 1. The molecule has 1 heterocycles. The van der Waals surface area contributed by atoms with Crippen molar-refractivity contribution in [2.24, 2.45) is 4.99 Å². The van der Waals surface area contributed by atoms with Crippen LogP contribution in [0.15, 0.2) is 35.3 Å². The Morgan fingerprint density at radius 3 is 2.76 bits per heavy atom. The van der Waals surface area contributed by atoms with Crippen molar-refractivity contribution in [1.29, 1.82) is 0 Å². The van der Waals surface area contributed by atoms with Crippen LogP contribution in [0.1, 0.15) is 24.8 Å². The molecule has 1 aromatic rings. The Hall–Kier alpha value is -0.820. The molecule has 2 rings (SSSR count). The number of unbranched alkanes of at least 4 members (excludes halogenated alkanes) is 1. The molecule has 0 bridgehead atoms. The van der Waals surface area contributed by atoms with Crippen molar-refractivity contribution >= 4 is 29.9 Å². The molecule has 5 heteroatoms.